The fourth-order valence-corrected chi connectivity index (χ4v) is 1.82. The van der Waals surface area contributed by atoms with Crippen LogP contribution < -0.4 is 0 Å². The van der Waals surface area contributed by atoms with Gasteiger partial charge in [0.15, 0.2) is 0 Å². The predicted octanol–water partition coefficient (Wildman–Crippen LogP) is 2.27. The van der Waals surface area contributed by atoms with Crippen LogP contribution in [0.15, 0.2) is 5.16 Å². The van der Waals surface area contributed by atoms with Crippen molar-refractivity contribution in [2.75, 3.05) is 0 Å². The number of nitrogens with zero attached hydrogens (tertiary/aromatic N) is 1. The number of hydrogen-bond donors (Lipinski definition) is 1. The summed E-state index contributed by atoms with van der Waals surface area (Å²) in [6.45, 7) is 6.53. The van der Waals surface area contributed by atoms with Gasteiger partial charge in [-0.05, 0) is 24.2 Å². The maximum absolute atomic E-state index is 8.56. The van der Waals surface area contributed by atoms with E-state index in [0.29, 0.717) is 11.3 Å². The molecular weight excluding hydrogens is 126 g/mol. The second-order valence-electron chi connectivity index (χ2n) is 4.04. The highest BCUT2D eigenvalue weighted by Crippen LogP contribution is 2.38. The van der Waals surface area contributed by atoms with Gasteiger partial charge in [-0.2, -0.15) is 0 Å². The molecule has 2 heteroatoms. The zero-order valence-corrected chi connectivity index (χ0v) is 6.89. The monoisotopic (exact) mass is 141 g/mol. The van der Waals surface area contributed by atoms with E-state index >= 15 is 0 Å². The van der Waals surface area contributed by atoms with Gasteiger partial charge in [-0.15, -0.1) is 0 Å². The minimum absolute atomic E-state index is 0.348. The summed E-state index contributed by atoms with van der Waals surface area (Å²) in [4.78, 5) is 0. The zero-order valence-electron chi connectivity index (χ0n) is 6.89. The third kappa shape index (κ3) is 1.31. The van der Waals surface area contributed by atoms with E-state index in [4.69, 9.17) is 5.21 Å². The summed E-state index contributed by atoms with van der Waals surface area (Å²) in [5, 5.41) is 11.8. The summed E-state index contributed by atoms with van der Waals surface area (Å²) in [6.07, 6.45) is 2.09. The van der Waals surface area contributed by atoms with E-state index in [0.717, 1.165) is 18.6 Å². The third-order valence-corrected chi connectivity index (χ3v) is 2.22. The van der Waals surface area contributed by atoms with Gasteiger partial charge in [0, 0.05) is 0 Å². The normalized spacial score (nSPS) is 35.1. The minimum atomic E-state index is 0.348. The van der Waals surface area contributed by atoms with Crippen LogP contribution >= 0.6 is 0 Å². The molecule has 1 rings (SSSR count). The molecule has 0 radical (unpaired) electrons. The van der Waals surface area contributed by atoms with Gasteiger partial charge in [-0.3, -0.25) is 0 Å². The largest absolute Gasteiger partial charge is 0.411 e. The highest BCUT2D eigenvalue weighted by atomic mass is 16.4. The molecule has 0 spiro atoms. The summed E-state index contributed by atoms with van der Waals surface area (Å²) in [5.41, 5.74) is 1.31. The molecule has 0 bridgehead atoms. The second-order valence-corrected chi connectivity index (χ2v) is 4.04. The van der Waals surface area contributed by atoms with E-state index < -0.39 is 0 Å². The van der Waals surface area contributed by atoms with Gasteiger partial charge in [0.1, 0.15) is 0 Å². The van der Waals surface area contributed by atoms with Crippen molar-refractivity contribution >= 4 is 5.71 Å². The lowest BCUT2D eigenvalue weighted by Crippen LogP contribution is -2.04. The fourth-order valence-electron chi connectivity index (χ4n) is 1.82. The van der Waals surface area contributed by atoms with Crippen LogP contribution in [0.1, 0.15) is 33.6 Å². The van der Waals surface area contributed by atoms with Crippen molar-refractivity contribution in [1.29, 1.82) is 0 Å². The van der Waals surface area contributed by atoms with Crippen LogP contribution in [0.3, 0.4) is 0 Å². The van der Waals surface area contributed by atoms with Crippen molar-refractivity contribution in [1.82, 2.24) is 0 Å². The van der Waals surface area contributed by atoms with E-state index in [1.54, 1.807) is 0 Å². The summed E-state index contributed by atoms with van der Waals surface area (Å²) in [7, 11) is 0. The molecule has 1 saturated carbocycles. The second kappa shape index (κ2) is 2.26. The maximum Gasteiger partial charge on any atom is 0.0604 e. The van der Waals surface area contributed by atoms with E-state index in [1.807, 2.05) is 0 Å². The minimum Gasteiger partial charge on any atom is -0.411 e. The molecule has 1 N–H and O–H groups in total. The van der Waals surface area contributed by atoms with Crippen LogP contribution in [0.2, 0.25) is 0 Å². The molecule has 0 amide bonds. The van der Waals surface area contributed by atoms with Crippen molar-refractivity contribution in [3.8, 4) is 0 Å². The Morgan fingerprint density at radius 3 is 2.40 bits per heavy atom. The molecule has 10 heavy (non-hydrogen) atoms. The maximum atomic E-state index is 8.56. The Hall–Kier alpha value is -0.530. The summed E-state index contributed by atoms with van der Waals surface area (Å²) in [5.74, 6) is 0.472. The number of oxime groups is 1. The molecule has 0 aromatic rings. The zero-order chi connectivity index (χ0) is 7.78. The fraction of sp³-hybridized carbons (Fsp3) is 0.875. The third-order valence-electron chi connectivity index (χ3n) is 2.22. The van der Waals surface area contributed by atoms with Gasteiger partial charge in [0.05, 0.1) is 5.71 Å². The summed E-state index contributed by atoms with van der Waals surface area (Å²) in [6, 6.07) is 0. The molecule has 0 aliphatic heterocycles. The predicted molar refractivity (Wildman–Crippen MR) is 41.4 cm³/mol. The summed E-state index contributed by atoms with van der Waals surface area (Å²) >= 11 is 0. The first-order valence-electron chi connectivity index (χ1n) is 3.76. The topological polar surface area (TPSA) is 32.6 Å². The van der Waals surface area contributed by atoms with Crippen LogP contribution in [0.25, 0.3) is 0 Å². The van der Waals surface area contributed by atoms with Crippen molar-refractivity contribution in [3.05, 3.63) is 0 Å². The highest BCUT2D eigenvalue weighted by molar-refractivity contribution is 5.88. The van der Waals surface area contributed by atoms with E-state index in [1.165, 1.54) is 0 Å². The number of hydrogen-bond acceptors (Lipinski definition) is 2. The molecule has 0 saturated heterocycles. The van der Waals surface area contributed by atoms with E-state index in [9.17, 15) is 0 Å². The van der Waals surface area contributed by atoms with E-state index in [-0.39, 0.29) is 0 Å². The Morgan fingerprint density at radius 2 is 2.20 bits per heavy atom. The smallest absolute Gasteiger partial charge is 0.0604 e. The highest BCUT2D eigenvalue weighted by Gasteiger charge is 2.33. The molecule has 1 aliphatic rings. The molecule has 0 aromatic carbocycles. The molecule has 1 fully saturated rings. The Kier molecular flexibility index (Phi) is 1.71. The van der Waals surface area contributed by atoms with Gasteiger partial charge in [-0.25, -0.2) is 0 Å². The Bertz CT molecular complexity index is 161. The molecule has 0 heterocycles. The van der Waals surface area contributed by atoms with Crippen LogP contribution in [-0.2, 0) is 0 Å². The molecule has 0 aromatic heterocycles. The van der Waals surface area contributed by atoms with Crippen LogP contribution in [0.4, 0.5) is 0 Å². The Morgan fingerprint density at radius 1 is 1.60 bits per heavy atom. The van der Waals surface area contributed by atoms with Crippen molar-refractivity contribution < 1.29 is 5.21 Å². The van der Waals surface area contributed by atoms with E-state index in [2.05, 4.69) is 25.9 Å². The lowest BCUT2D eigenvalue weighted by Gasteiger charge is -2.14. The first kappa shape index (κ1) is 7.58. The van der Waals surface area contributed by atoms with Crippen molar-refractivity contribution in [2.24, 2.45) is 16.5 Å². The van der Waals surface area contributed by atoms with Crippen LogP contribution in [0.5, 0.6) is 0 Å². The van der Waals surface area contributed by atoms with Crippen LogP contribution in [0, 0.1) is 11.3 Å². The SMILES string of the molecule is CC1CC(C)(C)C/C1=N/O. The average molecular weight is 141 g/mol. The lowest BCUT2D eigenvalue weighted by molar-refractivity contribution is 0.315. The molecular formula is C8H15NO. The molecule has 1 atom stereocenters. The van der Waals surface area contributed by atoms with Gasteiger partial charge in [0.2, 0.25) is 0 Å². The Labute approximate surface area is 61.9 Å². The first-order chi connectivity index (χ1) is 4.55. The van der Waals surface area contributed by atoms with Crippen molar-refractivity contribution in [2.45, 2.75) is 33.6 Å². The Balaban J connectivity index is 2.71. The van der Waals surface area contributed by atoms with Gasteiger partial charge in [-0.1, -0.05) is 25.9 Å². The first-order valence-corrected chi connectivity index (χ1v) is 3.76. The van der Waals surface area contributed by atoms with Gasteiger partial charge < -0.3 is 5.21 Å². The molecule has 1 unspecified atom stereocenters. The van der Waals surface area contributed by atoms with Gasteiger partial charge in [0.25, 0.3) is 0 Å². The average Bonchev–Trinajstić information content (AvgIpc) is 2.05. The summed E-state index contributed by atoms with van der Waals surface area (Å²) < 4.78 is 0. The van der Waals surface area contributed by atoms with Gasteiger partial charge >= 0.3 is 0 Å². The quantitative estimate of drug-likeness (QED) is 0.407. The van der Waals surface area contributed by atoms with Crippen LogP contribution in [-0.4, -0.2) is 10.9 Å². The molecule has 1 aliphatic carbocycles. The molecule has 2 nitrogen and oxygen atoms in total. The van der Waals surface area contributed by atoms with Crippen molar-refractivity contribution in [3.63, 3.8) is 0 Å². The lowest BCUT2D eigenvalue weighted by atomic mass is 9.91. The standard InChI is InChI=1S/C8H15NO/c1-6-4-8(2,3)5-7(6)9-10/h6,10H,4-5H2,1-3H3/b9-7-. The number of rotatable bonds is 0. The molecule has 58 valence electrons.